The first-order valence-electron chi connectivity index (χ1n) is 8.74. The van der Waals surface area contributed by atoms with Crippen LogP contribution in [0.2, 0.25) is 0 Å². The Balaban J connectivity index is 1.94. The van der Waals surface area contributed by atoms with Gasteiger partial charge < -0.3 is 10.1 Å². The molecule has 24 heavy (non-hydrogen) atoms. The molecule has 2 rings (SSSR count). The van der Waals surface area contributed by atoms with Gasteiger partial charge in [0.25, 0.3) is 0 Å². The third-order valence-corrected chi connectivity index (χ3v) is 4.23. The number of hydrogen-bond donors (Lipinski definition) is 1. The molecule has 0 aliphatic rings. The highest BCUT2D eigenvalue weighted by molar-refractivity contribution is 5.20. The predicted octanol–water partition coefficient (Wildman–Crippen LogP) is 5.13. The van der Waals surface area contributed by atoms with E-state index < -0.39 is 0 Å². The van der Waals surface area contributed by atoms with E-state index in [-0.39, 0.29) is 6.04 Å². The Morgan fingerprint density at radius 1 is 1.00 bits per heavy atom. The van der Waals surface area contributed by atoms with Gasteiger partial charge in [0, 0.05) is 12.1 Å². The van der Waals surface area contributed by atoms with Gasteiger partial charge in [-0.3, -0.25) is 0 Å². The second-order valence-corrected chi connectivity index (χ2v) is 6.51. The van der Waals surface area contributed by atoms with Crippen LogP contribution in [0.15, 0.2) is 73.3 Å². The summed E-state index contributed by atoms with van der Waals surface area (Å²) in [6.07, 6.45) is 2.89. The maximum atomic E-state index is 5.97. The third kappa shape index (κ3) is 5.95. The third-order valence-electron chi connectivity index (χ3n) is 4.23. The molecule has 0 radical (unpaired) electrons. The van der Waals surface area contributed by atoms with Crippen LogP contribution in [0.4, 0.5) is 0 Å². The molecular weight excluding hydrogens is 294 g/mol. The lowest BCUT2D eigenvalue weighted by molar-refractivity contribution is 0.0820. The molecule has 0 saturated carbocycles. The quantitative estimate of drug-likeness (QED) is 0.612. The van der Waals surface area contributed by atoms with E-state index in [4.69, 9.17) is 4.74 Å². The zero-order chi connectivity index (χ0) is 17.2. The van der Waals surface area contributed by atoms with Gasteiger partial charge in [0.05, 0.1) is 13.2 Å². The van der Waals surface area contributed by atoms with Crippen LogP contribution in [0.3, 0.4) is 0 Å². The summed E-state index contributed by atoms with van der Waals surface area (Å²) in [5, 5.41) is 3.76. The van der Waals surface area contributed by atoms with E-state index >= 15 is 0 Å². The van der Waals surface area contributed by atoms with Crippen molar-refractivity contribution >= 4 is 0 Å². The lowest BCUT2D eigenvalue weighted by Gasteiger charge is -2.28. The summed E-state index contributed by atoms with van der Waals surface area (Å²) < 4.78 is 5.97. The fourth-order valence-corrected chi connectivity index (χ4v) is 2.72. The molecular formula is C22H29NO. The van der Waals surface area contributed by atoms with Gasteiger partial charge >= 0.3 is 0 Å². The molecule has 2 heteroatoms. The first-order valence-corrected chi connectivity index (χ1v) is 8.74. The second-order valence-electron chi connectivity index (χ2n) is 6.51. The van der Waals surface area contributed by atoms with Gasteiger partial charge in [-0.15, -0.1) is 6.58 Å². The normalized spacial score (nSPS) is 13.6. The Kier molecular flexibility index (Phi) is 7.73. The molecule has 0 fully saturated rings. The molecule has 0 aliphatic heterocycles. The van der Waals surface area contributed by atoms with Crippen LogP contribution in [-0.4, -0.2) is 12.6 Å². The minimum atomic E-state index is 0.274. The van der Waals surface area contributed by atoms with Crippen molar-refractivity contribution in [1.82, 2.24) is 5.32 Å². The van der Waals surface area contributed by atoms with Crippen molar-refractivity contribution in [3.63, 3.8) is 0 Å². The second kappa shape index (κ2) is 10.1. The molecule has 2 aromatic carbocycles. The molecule has 0 unspecified atom stereocenters. The van der Waals surface area contributed by atoms with Crippen LogP contribution < -0.4 is 5.32 Å². The number of rotatable bonds is 10. The van der Waals surface area contributed by atoms with Gasteiger partial charge in [0.15, 0.2) is 0 Å². The topological polar surface area (TPSA) is 21.3 Å². The van der Waals surface area contributed by atoms with Crippen molar-refractivity contribution in [2.45, 2.75) is 39.0 Å². The van der Waals surface area contributed by atoms with E-state index in [1.165, 1.54) is 11.1 Å². The lowest BCUT2D eigenvalue weighted by atomic mass is 9.99. The number of nitrogens with one attached hydrogen (secondary N) is 1. The van der Waals surface area contributed by atoms with Gasteiger partial charge in [-0.05, 0) is 23.5 Å². The largest absolute Gasteiger partial charge is 0.375 e. The number of hydrogen-bond acceptors (Lipinski definition) is 2. The van der Waals surface area contributed by atoms with Gasteiger partial charge in [-0.25, -0.2) is 0 Å². The highest BCUT2D eigenvalue weighted by atomic mass is 16.5. The fraction of sp³-hybridized carbons (Fsp3) is 0.364. The molecule has 0 spiro atoms. The molecule has 0 aromatic heterocycles. The Labute approximate surface area is 146 Å². The molecule has 0 heterocycles. The molecule has 0 saturated heterocycles. The lowest BCUT2D eigenvalue weighted by Crippen LogP contribution is -2.40. The maximum absolute atomic E-state index is 5.97. The summed E-state index contributed by atoms with van der Waals surface area (Å²) in [7, 11) is 0. The first-order chi connectivity index (χ1) is 11.7. The van der Waals surface area contributed by atoms with E-state index in [1.807, 2.05) is 24.3 Å². The summed E-state index contributed by atoms with van der Waals surface area (Å²) in [5.74, 6) is 0.497. The highest BCUT2D eigenvalue weighted by Crippen LogP contribution is 2.19. The zero-order valence-electron chi connectivity index (χ0n) is 14.8. The maximum Gasteiger partial charge on any atom is 0.0717 e. The van der Waals surface area contributed by atoms with E-state index in [1.54, 1.807) is 0 Å². The van der Waals surface area contributed by atoms with Crippen LogP contribution in [0.1, 0.15) is 37.4 Å². The Hall–Kier alpha value is -1.90. The summed E-state index contributed by atoms with van der Waals surface area (Å²) in [6.45, 7) is 9.74. The van der Waals surface area contributed by atoms with Crippen molar-refractivity contribution in [2.75, 3.05) is 6.61 Å². The molecule has 1 N–H and O–H groups in total. The minimum absolute atomic E-state index is 0.274. The van der Waals surface area contributed by atoms with Gasteiger partial charge in [-0.1, -0.05) is 80.6 Å². The van der Waals surface area contributed by atoms with Crippen LogP contribution in [-0.2, 0) is 11.3 Å². The van der Waals surface area contributed by atoms with Crippen molar-refractivity contribution in [2.24, 2.45) is 5.92 Å². The molecule has 0 amide bonds. The standard InChI is InChI=1S/C22H29NO/c1-4-11-21(20-14-9-6-10-15-20)23-22(18(2)3)17-24-16-19-12-7-5-8-13-19/h4-10,12-15,18,21-23H,1,11,16-17H2,2-3H3/t21-,22+/m0/s1. The highest BCUT2D eigenvalue weighted by Gasteiger charge is 2.19. The number of benzene rings is 2. The average Bonchev–Trinajstić information content (AvgIpc) is 2.61. The van der Waals surface area contributed by atoms with E-state index in [0.29, 0.717) is 25.2 Å². The summed E-state index contributed by atoms with van der Waals surface area (Å²) in [4.78, 5) is 0. The first kappa shape index (κ1) is 18.4. The Morgan fingerprint density at radius 3 is 2.21 bits per heavy atom. The van der Waals surface area contributed by atoms with Crippen molar-refractivity contribution in [3.05, 3.63) is 84.4 Å². The SMILES string of the molecule is C=CC[C@H](N[C@H](COCc1ccccc1)C(C)C)c1ccccc1. The molecule has 2 nitrogen and oxygen atoms in total. The smallest absolute Gasteiger partial charge is 0.0717 e. The van der Waals surface area contributed by atoms with E-state index in [0.717, 1.165) is 6.42 Å². The number of ether oxygens (including phenoxy) is 1. The monoisotopic (exact) mass is 323 g/mol. The van der Waals surface area contributed by atoms with Gasteiger partial charge in [0.1, 0.15) is 0 Å². The summed E-state index contributed by atoms with van der Waals surface area (Å²) in [6, 6.07) is 21.5. The van der Waals surface area contributed by atoms with Gasteiger partial charge in [-0.2, -0.15) is 0 Å². The zero-order valence-corrected chi connectivity index (χ0v) is 14.8. The van der Waals surface area contributed by atoms with Crippen molar-refractivity contribution < 1.29 is 4.74 Å². The van der Waals surface area contributed by atoms with Crippen LogP contribution in [0.5, 0.6) is 0 Å². The molecule has 2 aromatic rings. The summed E-state index contributed by atoms with van der Waals surface area (Å²) >= 11 is 0. The summed E-state index contributed by atoms with van der Waals surface area (Å²) in [5.41, 5.74) is 2.51. The van der Waals surface area contributed by atoms with Crippen LogP contribution >= 0.6 is 0 Å². The average molecular weight is 323 g/mol. The minimum Gasteiger partial charge on any atom is -0.375 e. The molecule has 2 atom stereocenters. The molecule has 0 aliphatic carbocycles. The molecule has 128 valence electrons. The molecule has 0 bridgehead atoms. The van der Waals surface area contributed by atoms with Crippen molar-refractivity contribution in [3.8, 4) is 0 Å². The van der Waals surface area contributed by atoms with Crippen LogP contribution in [0.25, 0.3) is 0 Å². The van der Waals surface area contributed by atoms with Crippen LogP contribution in [0, 0.1) is 5.92 Å². The van der Waals surface area contributed by atoms with Gasteiger partial charge in [0.2, 0.25) is 0 Å². The Bertz CT molecular complexity index is 579. The van der Waals surface area contributed by atoms with Crippen molar-refractivity contribution in [1.29, 1.82) is 0 Å². The van der Waals surface area contributed by atoms with E-state index in [9.17, 15) is 0 Å². The predicted molar refractivity (Wildman–Crippen MR) is 102 cm³/mol. The van der Waals surface area contributed by atoms with E-state index in [2.05, 4.69) is 68.2 Å². The fourth-order valence-electron chi connectivity index (χ4n) is 2.72. The Morgan fingerprint density at radius 2 is 1.62 bits per heavy atom.